The monoisotopic (exact) mass is 198 g/mol. The average molecular weight is 198 g/mol. The molecule has 0 amide bonds. The van der Waals surface area contributed by atoms with E-state index in [9.17, 15) is 19.3 Å². The van der Waals surface area contributed by atoms with Crippen molar-refractivity contribution in [2.75, 3.05) is 0 Å². The molecule has 0 fully saturated rings. The first-order valence-corrected chi connectivity index (χ1v) is 3.77. The van der Waals surface area contributed by atoms with Crippen LogP contribution < -0.4 is 0 Å². The summed E-state index contributed by atoms with van der Waals surface area (Å²) in [6.07, 6.45) is -2.07. The fraction of sp³-hybridized carbons (Fsp3) is 0.250. The Balaban J connectivity index is 3.29. The van der Waals surface area contributed by atoms with Crippen LogP contribution in [0.25, 0.3) is 0 Å². The van der Waals surface area contributed by atoms with Crippen LogP contribution >= 0.6 is 0 Å². The molecule has 0 bridgehead atoms. The molecule has 0 aromatic carbocycles. The number of carbonyl (C=O) groups is 1. The van der Waals surface area contributed by atoms with Gasteiger partial charge >= 0.3 is 0 Å². The number of aromatic nitrogens is 1. The molecule has 1 rings (SSSR count). The molecule has 1 aromatic heterocycles. The number of nitro groups is 1. The first-order valence-electron chi connectivity index (χ1n) is 3.77. The summed E-state index contributed by atoms with van der Waals surface area (Å²) >= 11 is 0. The molecule has 0 aliphatic carbocycles. The topological polar surface area (TPSA) is 73.1 Å². The van der Waals surface area contributed by atoms with Gasteiger partial charge in [0.25, 0.3) is 5.69 Å². The highest BCUT2D eigenvalue weighted by atomic mass is 19.1. The molecule has 1 atom stereocenters. The zero-order chi connectivity index (χ0) is 10.7. The third-order valence-corrected chi connectivity index (χ3v) is 1.62. The maximum Gasteiger partial charge on any atom is 0.294 e. The quantitative estimate of drug-likeness (QED) is 0.419. The molecule has 1 heterocycles. The maximum absolute atomic E-state index is 12.9. The highest BCUT2D eigenvalue weighted by Gasteiger charge is 2.22. The van der Waals surface area contributed by atoms with Crippen LogP contribution in [-0.2, 0) is 4.79 Å². The number of nitrogens with zero attached hydrogens (tertiary/aromatic N) is 2. The molecule has 1 aromatic rings. The molecule has 74 valence electrons. The van der Waals surface area contributed by atoms with Gasteiger partial charge in [0.2, 0.25) is 6.17 Å². The third kappa shape index (κ3) is 1.90. The van der Waals surface area contributed by atoms with E-state index in [1.165, 1.54) is 6.07 Å². The smallest absolute Gasteiger partial charge is 0.294 e. The van der Waals surface area contributed by atoms with Crippen molar-refractivity contribution in [3.8, 4) is 0 Å². The van der Waals surface area contributed by atoms with Crippen molar-refractivity contribution in [1.29, 1.82) is 0 Å². The van der Waals surface area contributed by atoms with Crippen LogP contribution in [0.3, 0.4) is 0 Å². The maximum atomic E-state index is 12.9. The Morgan fingerprint density at radius 2 is 2.29 bits per heavy atom. The molecule has 0 N–H and O–H groups in total. The zero-order valence-corrected chi connectivity index (χ0v) is 7.31. The summed E-state index contributed by atoms with van der Waals surface area (Å²) in [6, 6.07) is 2.52. The molecule has 0 aliphatic rings. The van der Waals surface area contributed by atoms with Gasteiger partial charge in [-0.1, -0.05) is 0 Å². The summed E-state index contributed by atoms with van der Waals surface area (Å²) in [4.78, 5) is 23.4. The predicted octanol–water partition coefficient (Wildman–Crippen LogP) is 1.51. The molecular weight excluding hydrogens is 191 g/mol. The summed E-state index contributed by atoms with van der Waals surface area (Å²) < 4.78 is 12.9. The molecule has 5 nitrogen and oxygen atoms in total. The van der Waals surface area contributed by atoms with Gasteiger partial charge in [-0.3, -0.25) is 14.9 Å². The number of hydrogen-bond acceptors (Lipinski definition) is 4. The number of alkyl halides is 1. The third-order valence-electron chi connectivity index (χ3n) is 1.62. The van der Waals surface area contributed by atoms with Gasteiger partial charge in [0.15, 0.2) is 12.0 Å². The van der Waals surface area contributed by atoms with Crippen molar-refractivity contribution in [1.82, 2.24) is 4.98 Å². The molecule has 14 heavy (non-hydrogen) atoms. The highest BCUT2D eigenvalue weighted by Crippen LogP contribution is 2.24. The van der Waals surface area contributed by atoms with E-state index in [-0.39, 0.29) is 6.29 Å². The molecule has 0 aliphatic heterocycles. The van der Waals surface area contributed by atoms with Crippen molar-refractivity contribution in [3.63, 3.8) is 0 Å². The molecule has 1 unspecified atom stereocenters. The standard InChI is InChI=1S/C8H7FN2O3/c1-5-2-3-7(11(13)14)8(10-5)6(9)4-12/h2-4,6H,1H3. The van der Waals surface area contributed by atoms with Gasteiger partial charge in [0.05, 0.1) is 4.92 Å². The molecule has 0 spiro atoms. The lowest BCUT2D eigenvalue weighted by atomic mass is 10.2. The Kier molecular flexibility index (Phi) is 2.85. The number of rotatable bonds is 3. The lowest BCUT2D eigenvalue weighted by Crippen LogP contribution is -2.03. The largest absolute Gasteiger partial charge is 0.300 e. The van der Waals surface area contributed by atoms with Gasteiger partial charge < -0.3 is 0 Å². The Morgan fingerprint density at radius 1 is 1.64 bits per heavy atom. The van der Waals surface area contributed by atoms with Crippen molar-refractivity contribution >= 4 is 12.0 Å². The number of aryl methyl sites for hydroxylation is 1. The molecule has 0 saturated heterocycles. The Hall–Kier alpha value is -1.85. The van der Waals surface area contributed by atoms with Gasteiger partial charge in [-0.15, -0.1) is 0 Å². The van der Waals surface area contributed by atoms with Crippen molar-refractivity contribution in [3.05, 3.63) is 33.6 Å². The van der Waals surface area contributed by atoms with E-state index in [1.807, 2.05) is 0 Å². The van der Waals surface area contributed by atoms with E-state index in [0.29, 0.717) is 5.69 Å². The van der Waals surface area contributed by atoms with Crippen LogP contribution in [0.1, 0.15) is 17.6 Å². The SMILES string of the molecule is Cc1ccc([N+](=O)[O-])c(C(F)C=O)n1. The van der Waals surface area contributed by atoms with Gasteiger partial charge in [-0.2, -0.15) is 0 Å². The Bertz CT molecular complexity index is 381. The van der Waals surface area contributed by atoms with E-state index in [2.05, 4.69) is 4.98 Å². The number of pyridine rings is 1. The second kappa shape index (κ2) is 3.91. The Labute approximate surface area is 78.7 Å². The van der Waals surface area contributed by atoms with Gasteiger partial charge in [-0.25, -0.2) is 9.37 Å². The number of hydrogen-bond donors (Lipinski definition) is 0. The predicted molar refractivity (Wildman–Crippen MR) is 45.5 cm³/mol. The molecule has 0 saturated carbocycles. The van der Waals surface area contributed by atoms with Crippen molar-refractivity contribution in [2.45, 2.75) is 13.1 Å². The Morgan fingerprint density at radius 3 is 2.79 bits per heavy atom. The van der Waals surface area contributed by atoms with E-state index < -0.39 is 22.5 Å². The van der Waals surface area contributed by atoms with Crippen molar-refractivity contribution in [2.24, 2.45) is 0 Å². The second-order valence-electron chi connectivity index (χ2n) is 2.65. The first-order chi connectivity index (χ1) is 6.56. The minimum Gasteiger partial charge on any atom is -0.300 e. The first kappa shape index (κ1) is 10.2. The molecular formula is C8H7FN2O3. The normalized spacial score (nSPS) is 12.1. The zero-order valence-electron chi connectivity index (χ0n) is 7.31. The lowest BCUT2D eigenvalue weighted by molar-refractivity contribution is -0.386. The molecule has 6 heteroatoms. The summed E-state index contributed by atoms with van der Waals surface area (Å²) in [6.45, 7) is 1.56. The fourth-order valence-corrected chi connectivity index (χ4v) is 0.991. The van der Waals surface area contributed by atoms with E-state index >= 15 is 0 Å². The van der Waals surface area contributed by atoms with Crippen LogP contribution in [0.15, 0.2) is 12.1 Å². The van der Waals surface area contributed by atoms with Gasteiger partial charge in [0.1, 0.15) is 0 Å². The minimum absolute atomic E-state index is 0.0191. The number of halogens is 1. The lowest BCUT2D eigenvalue weighted by Gasteiger charge is -2.02. The fourth-order valence-electron chi connectivity index (χ4n) is 0.991. The minimum atomic E-state index is -2.05. The average Bonchev–Trinajstić information content (AvgIpc) is 2.16. The van der Waals surface area contributed by atoms with Crippen molar-refractivity contribution < 1.29 is 14.1 Å². The second-order valence-corrected chi connectivity index (χ2v) is 2.65. The van der Waals surface area contributed by atoms with E-state index in [4.69, 9.17) is 0 Å². The van der Waals surface area contributed by atoms with Gasteiger partial charge in [0, 0.05) is 11.8 Å². The highest BCUT2D eigenvalue weighted by molar-refractivity contribution is 5.61. The summed E-state index contributed by atoms with van der Waals surface area (Å²) in [5.41, 5.74) is -0.490. The van der Waals surface area contributed by atoms with Crippen LogP contribution in [0.4, 0.5) is 10.1 Å². The van der Waals surface area contributed by atoms with Crippen LogP contribution in [0.5, 0.6) is 0 Å². The number of aldehydes is 1. The van der Waals surface area contributed by atoms with Crippen LogP contribution in [-0.4, -0.2) is 16.2 Å². The summed E-state index contributed by atoms with van der Waals surface area (Å²) in [7, 11) is 0. The van der Waals surface area contributed by atoms with Gasteiger partial charge in [-0.05, 0) is 13.0 Å². The summed E-state index contributed by atoms with van der Waals surface area (Å²) in [5.74, 6) is 0. The van der Waals surface area contributed by atoms with E-state index in [0.717, 1.165) is 6.07 Å². The summed E-state index contributed by atoms with van der Waals surface area (Å²) in [5, 5.41) is 10.4. The number of carbonyl (C=O) groups excluding carboxylic acids is 1. The van der Waals surface area contributed by atoms with Crippen LogP contribution in [0.2, 0.25) is 0 Å². The van der Waals surface area contributed by atoms with E-state index in [1.54, 1.807) is 6.92 Å². The molecule has 0 radical (unpaired) electrons. The van der Waals surface area contributed by atoms with Crippen LogP contribution in [0, 0.1) is 17.0 Å².